The van der Waals surface area contributed by atoms with Gasteiger partial charge >= 0.3 is 0 Å². The van der Waals surface area contributed by atoms with Crippen molar-refractivity contribution in [2.75, 3.05) is 17.7 Å². The molecule has 0 saturated heterocycles. The summed E-state index contributed by atoms with van der Waals surface area (Å²) in [5.41, 5.74) is 8.50. The Morgan fingerprint density at radius 1 is 1.05 bits per heavy atom. The third kappa shape index (κ3) is 3.47. The van der Waals surface area contributed by atoms with E-state index in [0.29, 0.717) is 27.3 Å². The van der Waals surface area contributed by atoms with Gasteiger partial charge in [-0.15, -0.1) is 0 Å². The fraction of sp³-hybridized carbons (Fsp3) is 0.143. The van der Waals surface area contributed by atoms with Crippen molar-refractivity contribution in [1.29, 1.82) is 0 Å². The van der Waals surface area contributed by atoms with Gasteiger partial charge in [0.15, 0.2) is 0 Å². The number of anilines is 2. The summed E-state index contributed by atoms with van der Waals surface area (Å²) in [6.07, 6.45) is 0. The van der Waals surface area contributed by atoms with Gasteiger partial charge in [-0.05, 0) is 29.8 Å². The van der Waals surface area contributed by atoms with Crippen LogP contribution in [-0.4, -0.2) is 7.05 Å². The van der Waals surface area contributed by atoms with E-state index in [0.717, 1.165) is 11.3 Å². The van der Waals surface area contributed by atoms with E-state index in [2.05, 4.69) is 0 Å². The number of nitrogens with two attached hydrogens (primary N) is 1. The Morgan fingerprint density at radius 2 is 1.74 bits per heavy atom. The van der Waals surface area contributed by atoms with Gasteiger partial charge in [-0.1, -0.05) is 46.9 Å². The maximum Gasteiger partial charge on any atom is 0.0616 e. The van der Waals surface area contributed by atoms with Crippen molar-refractivity contribution in [2.45, 2.75) is 6.54 Å². The molecule has 0 bridgehead atoms. The van der Waals surface area contributed by atoms with E-state index in [1.54, 1.807) is 12.1 Å². The van der Waals surface area contributed by atoms with Crippen LogP contribution in [0.2, 0.25) is 15.1 Å². The van der Waals surface area contributed by atoms with Gasteiger partial charge in [0.2, 0.25) is 0 Å². The van der Waals surface area contributed by atoms with Crippen molar-refractivity contribution in [3.63, 3.8) is 0 Å². The van der Waals surface area contributed by atoms with Crippen LogP contribution in [0.15, 0.2) is 36.4 Å². The van der Waals surface area contributed by atoms with Gasteiger partial charge in [0, 0.05) is 18.6 Å². The van der Waals surface area contributed by atoms with Crippen LogP contribution in [0, 0.1) is 0 Å². The molecule has 2 rings (SSSR count). The lowest BCUT2D eigenvalue weighted by molar-refractivity contribution is 0.925. The molecule has 0 amide bonds. The molecule has 0 spiro atoms. The Balaban J connectivity index is 2.25. The number of benzene rings is 2. The second-order valence-corrected chi connectivity index (χ2v) is 5.56. The summed E-state index contributed by atoms with van der Waals surface area (Å²) in [6, 6.07) is 11.1. The van der Waals surface area contributed by atoms with Crippen LogP contribution in [0.3, 0.4) is 0 Å². The number of rotatable bonds is 3. The zero-order valence-electron chi connectivity index (χ0n) is 10.3. The molecule has 100 valence electrons. The van der Waals surface area contributed by atoms with Gasteiger partial charge in [-0.25, -0.2) is 0 Å². The van der Waals surface area contributed by atoms with Crippen LogP contribution in [0.4, 0.5) is 11.4 Å². The van der Waals surface area contributed by atoms with Gasteiger partial charge in [-0.2, -0.15) is 0 Å². The van der Waals surface area contributed by atoms with Crippen LogP contribution in [-0.2, 0) is 6.54 Å². The summed E-state index contributed by atoms with van der Waals surface area (Å²) in [5.74, 6) is 0. The first-order valence-corrected chi connectivity index (χ1v) is 6.81. The monoisotopic (exact) mass is 314 g/mol. The maximum absolute atomic E-state index is 6.02. The molecule has 0 aromatic heterocycles. The summed E-state index contributed by atoms with van der Waals surface area (Å²) < 4.78 is 0. The highest BCUT2D eigenvalue weighted by Crippen LogP contribution is 2.33. The van der Waals surface area contributed by atoms with Crippen molar-refractivity contribution >= 4 is 46.2 Å². The summed E-state index contributed by atoms with van der Waals surface area (Å²) >= 11 is 17.9. The minimum Gasteiger partial charge on any atom is -0.397 e. The van der Waals surface area contributed by atoms with Crippen LogP contribution in [0.1, 0.15) is 5.56 Å². The Hall–Kier alpha value is -1.09. The highest BCUT2D eigenvalue weighted by molar-refractivity contribution is 6.42. The van der Waals surface area contributed by atoms with Crippen molar-refractivity contribution < 1.29 is 0 Å². The second kappa shape index (κ2) is 5.91. The molecule has 0 aliphatic carbocycles. The van der Waals surface area contributed by atoms with E-state index in [4.69, 9.17) is 40.5 Å². The van der Waals surface area contributed by atoms with Crippen molar-refractivity contribution in [1.82, 2.24) is 0 Å². The maximum atomic E-state index is 6.02. The lowest BCUT2D eigenvalue weighted by Gasteiger charge is -2.22. The van der Waals surface area contributed by atoms with Gasteiger partial charge < -0.3 is 10.6 Å². The summed E-state index contributed by atoms with van der Waals surface area (Å²) in [5, 5.41) is 1.66. The number of hydrogen-bond acceptors (Lipinski definition) is 2. The molecule has 2 aromatic rings. The topological polar surface area (TPSA) is 29.3 Å². The number of halogens is 3. The van der Waals surface area contributed by atoms with E-state index in [9.17, 15) is 0 Å². The predicted octanol–water partition coefficient (Wildman–Crippen LogP) is 4.87. The van der Waals surface area contributed by atoms with Crippen LogP contribution >= 0.6 is 34.8 Å². The zero-order valence-corrected chi connectivity index (χ0v) is 12.6. The second-order valence-electron chi connectivity index (χ2n) is 4.31. The molecule has 0 heterocycles. The highest BCUT2D eigenvalue weighted by atomic mass is 35.5. The Bertz CT molecular complexity index is 599. The van der Waals surface area contributed by atoms with Gasteiger partial charge in [0.1, 0.15) is 0 Å². The first-order valence-electron chi connectivity index (χ1n) is 5.67. The van der Waals surface area contributed by atoms with E-state index >= 15 is 0 Å². The van der Waals surface area contributed by atoms with E-state index in [1.165, 1.54) is 0 Å². The third-order valence-electron chi connectivity index (χ3n) is 2.79. The molecule has 2 nitrogen and oxygen atoms in total. The molecule has 2 aromatic carbocycles. The van der Waals surface area contributed by atoms with Crippen molar-refractivity contribution in [3.05, 3.63) is 57.0 Å². The largest absolute Gasteiger partial charge is 0.397 e. The SMILES string of the molecule is CN(Cc1cccc(Cl)c1)c1cc(Cl)c(Cl)cc1N. The average molecular weight is 316 g/mol. The zero-order chi connectivity index (χ0) is 14.0. The predicted molar refractivity (Wildman–Crippen MR) is 84.4 cm³/mol. The van der Waals surface area contributed by atoms with Crippen LogP contribution in [0.25, 0.3) is 0 Å². The quantitative estimate of drug-likeness (QED) is 0.819. The fourth-order valence-corrected chi connectivity index (χ4v) is 2.42. The normalized spacial score (nSPS) is 10.5. The Morgan fingerprint density at radius 3 is 2.42 bits per heavy atom. The molecular weight excluding hydrogens is 303 g/mol. The van der Waals surface area contributed by atoms with Crippen molar-refractivity contribution in [3.8, 4) is 0 Å². The van der Waals surface area contributed by atoms with E-state index < -0.39 is 0 Å². The molecule has 5 heteroatoms. The Kier molecular flexibility index (Phi) is 4.46. The fourth-order valence-electron chi connectivity index (χ4n) is 1.88. The molecule has 0 fully saturated rings. The molecule has 0 atom stereocenters. The molecule has 0 aliphatic rings. The summed E-state index contributed by atoms with van der Waals surface area (Å²) in [6.45, 7) is 0.683. The van der Waals surface area contributed by atoms with Gasteiger partial charge in [0.25, 0.3) is 0 Å². The highest BCUT2D eigenvalue weighted by Gasteiger charge is 2.10. The molecule has 0 unspecified atom stereocenters. The minimum absolute atomic E-state index is 0.457. The first-order chi connectivity index (χ1) is 8.97. The number of hydrogen-bond donors (Lipinski definition) is 1. The minimum atomic E-state index is 0.457. The molecule has 2 N–H and O–H groups in total. The Labute approximate surface area is 127 Å². The van der Waals surface area contributed by atoms with Gasteiger partial charge in [0.05, 0.1) is 21.4 Å². The molecule has 0 radical (unpaired) electrons. The van der Waals surface area contributed by atoms with E-state index in [1.807, 2.05) is 36.2 Å². The lowest BCUT2D eigenvalue weighted by Crippen LogP contribution is -2.17. The molecule has 0 saturated carbocycles. The number of nitrogens with zero attached hydrogens (tertiary/aromatic N) is 1. The van der Waals surface area contributed by atoms with Crippen LogP contribution < -0.4 is 10.6 Å². The van der Waals surface area contributed by atoms with E-state index in [-0.39, 0.29) is 0 Å². The lowest BCUT2D eigenvalue weighted by atomic mass is 10.2. The standard InChI is InChI=1S/C14H13Cl3N2/c1-19(8-9-3-2-4-10(15)5-9)14-7-12(17)11(16)6-13(14)18/h2-7H,8,18H2,1H3. The molecule has 0 aliphatic heterocycles. The van der Waals surface area contributed by atoms with Crippen molar-refractivity contribution in [2.24, 2.45) is 0 Å². The summed E-state index contributed by atoms with van der Waals surface area (Å²) in [4.78, 5) is 2.00. The van der Waals surface area contributed by atoms with Crippen LogP contribution in [0.5, 0.6) is 0 Å². The smallest absolute Gasteiger partial charge is 0.0616 e. The first kappa shape index (κ1) is 14.3. The summed E-state index contributed by atoms with van der Waals surface area (Å²) in [7, 11) is 1.94. The third-order valence-corrected chi connectivity index (χ3v) is 3.75. The molecule has 19 heavy (non-hydrogen) atoms. The number of nitrogen functional groups attached to an aromatic ring is 1. The average Bonchev–Trinajstić information content (AvgIpc) is 2.33. The molecular formula is C14H13Cl3N2. The van der Waals surface area contributed by atoms with Gasteiger partial charge in [-0.3, -0.25) is 0 Å².